The first-order valence-electron chi connectivity index (χ1n) is 2.63. The van der Waals surface area contributed by atoms with E-state index in [9.17, 15) is 0 Å². The second-order valence-corrected chi connectivity index (χ2v) is 1.63. The van der Waals surface area contributed by atoms with Gasteiger partial charge in [-0.3, -0.25) is 4.99 Å². The molecule has 0 aliphatic rings. The molecule has 0 saturated heterocycles. The molecule has 0 rings (SSSR count). The normalized spacial score (nSPS) is 14.9. The lowest BCUT2D eigenvalue weighted by molar-refractivity contribution is 0.204. The zero-order chi connectivity index (χ0) is 6.41. The highest BCUT2D eigenvalue weighted by molar-refractivity contribution is 5.59. The first kappa shape index (κ1) is 7.59. The molecule has 0 heterocycles. The molecule has 0 spiro atoms. The summed E-state index contributed by atoms with van der Waals surface area (Å²) in [6.07, 6.45) is 1.24. The van der Waals surface area contributed by atoms with E-state index in [4.69, 9.17) is 10.8 Å². The summed E-state index contributed by atoms with van der Waals surface area (Å²) in [5.41, 5.74) is 5.08. The van der Waals surface area contributed by atoms with Crippen LogP contribution in [0, 0.1) is 0 Å². The highest BCUT2D eigenvalue weighted by atomic mass is 16.3. The largest absolute Gasteiger partial charge is 0.391 e. The van der Waals surface area contributed by atoms with Gasteiger partial charge in [-0.1, -0.05) is 0 Å². The molecule has 0 amide bonds. The van der Waals surface area contributed by atoms with Crippen molar-refractivity contribution < 1.29 is 5.11 Å². The van der Waals surface area contributed by atoms with Crippen LogP contribution < -0.4 is 5.73 Å². The standard InChI is InChI=1S/C5H12N2O/c1-5(8)4-7-3-2-6/h3,5,8H,2,4,6H2,1H3. The lowest BCUT2D eigenvalue weighted by Gasteiger charge is -1.94. The highest BCUT2D eigenvalue weighted by Gasteiger charge is 1.87. The SMILES string of the molecule is CC(O)CN=CCN. The van der Waals surface area contributed by atoms with Crippen LogP contribution in [-0.2, 0) is 0 Å². The van der Waals surface area contributed by atoms with Crippen LogP contribution in [0.1, 0.15) is 6.92 Å². The molecule has 0 aromatic rings. The molecule has 3 heteroatoms. The maximum absolute atomic E-state index is 8.62. The predicted octanol–water partition coefficient (Wildman–Crippen LogP) is -0.603. The molecular weight excluding hydrogens is 104 g/mol. The minimum absolute atomic E-state index is 0.349. The Morgan fingerprint density at radius 3 is 2.88 bits per heavy atom. The number of aliphatic hydroxyl groups excluding tert-OH is 1. The maximum atomic E-state index is 8.62. The van der Waals surface area contributed by atoms with E-state index >= 15 is 0 Å². The number of hydrogen-bond donors (Lipinski definition) is 2. The van der Waals surface area contributed by atoms with Gasteiger partial charge in [0.05, 0.1) is 12.6 Å². The van der Waals surface area contributed by atoms with E-state index in [1.54, 1.807) is 13.1 Å². The molecule has 1 atom stereocenters. The Kier molecular flexibility index (Phi) is 4.50. The van der Waals surface area contributed by atoms with Crippen molar-refractivity contribution in [3.63, 3.8) is 0 Å². The molecule has 0 aromatic carbocycles. The van der Waals surface area contributed by atoms with E-state index in [-0.39, 0.29) is 6.10 Å². The summed E-state index contributed by atoms with van der Waals surface area (Å²) >= 11 is 0. The Balaban J connectivity index is 3.03. The molecule has 0 aromatic heterocycles. The van der Waals surface area contributed by atoms with Gasteiger partial charge >= 0.3 is 0 Å². The average Bonchev–Trinajstić information content (AvgIpc) is 1.66. The van der Waals surface area contributed by atoms with Crippen LogP contribution in [0.2, 0.25) is 0 Å². The second kappa shape index (κ2) is 4.74. The van der Waals surface area contributed by atoms with Gasteiger partial charge in [0.2, 0.25) is 0 Å². The number of nitrogens with two attached hydrogens (primary N) is 1. The summed E-state index contributed by atoms with van der Waals surface area (Å²) in [6.45, 7) is 2.60. The Bertz CT molecular complexity index is 70.8. The zero-order valence-corrected chi connectivity index (χ0v) is 5.04. The molecular formula is C5H12N2O. The number of hydrogen-bond acceptors (Lipinski definition) is 3. The van der Waals surface area contributed by atoms with Crippen LogP contribution >= 0.6 is 0 Å². The van der Waals surface area contributed by atoms with Crippen LogP contribution in [0.25, 0.3) is 0 Å². The third-order valence-corrected chi connectivity index (χ3v) is 0.604. The fourth-order valence-electron chi connectivity index (χ4n) is 0.302. The van der Waals surface area contributed by atoms with Crippen molar-refractivity contribution in [1.29, 1.82) is 0 Å². The average molecular weight is 116 g/mol. The lowest BCUT2D eigenvalue weighted by Crippen LogP contribution is -2.06. The van der Waals surface area contributed by atoms with Gasteiger partial charge in [-0.15, -0.1) is 0 Å². The minimum Gasteiger partial charge on any atom is -0.391 e. The number of aliphatic hydroxyl groups is 1. The van der Waals surface area contributed by atoms with Crippen LogP contribution in [0.15, 0.2) is 4.99 Å². The van der Waals surface area contributed by atoms with Crippen LogP contribution in [-0.4, -0.2) is 30.5 Å². The van der Waals surface area contributed by atoms with Gasteiger partial charge in [0.15, 0.2) is 0 Å². The number of nitrogens with zero attached hydrogens (tertiary/aromatic N) is 1. The van der Waals surface area contributed by atoms with Crippen LogP contribution in [0.5, 0.6) is 0 Å². The third kappa shape index (κ3) is 5.59. The second-order valence-electron chi connectivity index (χ2n) is 1.63. The minimum atomic E-state index is -0.349. The quantitative estimate of drug-likeness (QED) is 0.483. The summed E-state index contributed by atoms with van der Waals surface area (Å²) in [6, 6.07) is 0. The van der Waals surface area contributed by atoms with Gasteiger partial charge in [-0.2, -0.15) is 0 Å². The smallest absolute Gasteiger partial charge is 0.0707 e. The molecule has 0 bridgehead atoms. The van der Waals surface area contributed by atoms with Crippen molar-refractivity contribution in [3.8, 4) is 0 Å². The molecule has 8 heavy (non-hydrogen) atoms. The molecule has 0 radical (unpaired) electrons. The molecule has 3 nitrogen and oxygen atoms in total. The van der Waals surface area contributed by atoms with Gasteiger partial charge in [-0.25, -0.2) is 0 Å². The molecule has 1 unspecified atom stereocenters. The van der Waals surface area contributed by atoms with E-state index in [1.165, 1.54) is 0 Å². The Morgan fingerprint density at radius 2 is 2.50 bits per heavy atom. The third-order valence-electron chi connectivity index (χ3n) is 0.604. The lowest BCUT2D eigenvalue weighted by atomic mass is 10.4. The Hall–Kier alpha value is -0.410. The van der Waals surface area contributed by atoms with Crippen molar-refractivity contribution in [3.05, 3.63) is 0 Å². The number of aliphatic imine (C=N–C) groups is 1. The van der Waals surface area contributed by atoms with Gasteiger partial charge in [0, 0.05) is 12.8 Å². The van der Waals surface area contributed by atoms with Crippen LogP contribution in [0.4, 0.5) is 0 Å². The molecule has 0 fully saturated rings. The topological polar surface area (TPSA) is 58.6 Å². The monoisotopic (exact) mass is 116 g/mol. The van der Waals surface area contributed by atoms with E-state index in [2.05, 4.69) is 4.99 Å². The Labute approximate surface area is 49.2 Å². The van der Waals surface area contributed by atoms with E-state index < -0.39 is 0 Å². The van der Waals surface area contributed by atoms with Gasteiger partial charge < -0.3 is 10.8 Å². The zero-order valence-electron chi connectivity index (χ0n) is 5.04. The molecule has 0 aliphatic heterocycles. The van der Waals surface area contributed by atoms with Crippen LogP contribution in [0.3, 0.4) is 0 Å². The van der Waals surface area contributed by atoms with Gasteiger partial charge in [0.1, 0.15) is 0 Å². The summed E-state index contributed by atoms with van der Waals surface area (Å²) < 4.78 is 0. The molecule has 3 N–H and O–H groups in total. The van der Waals surface area contributed by atoms with Crippen molar-refractivity contribution in [1.82, 2.24) is 0 Å². The predicted molar refractivity (Wildman–Crippen MR) is 34.1 cm³/mol. The summed E-state index contributed by atoms with van der Waals surface area (Å²) in [7, 11) is 0. The van der Waals surface area contributed by atoms with Gasteiger partial charge in [-0.05, 0) is 6.92 Å². The molecule has 0 aliphatic carbocycles. The van der Waals surface area contributed by atoms with Crippen molar-refractivity contribution in [2.45, 2.75) is 13.0 Å². The molecule has 48 valence electrons. The summed E-state index contributed by atoms with van der Waals surface area (Å²) in [5.74, 6) is 0. The summed E-state index contributed by atoms with van der Waals surface area (Å²) in [4.78, 5) is 3.79. The van der Waals surface area contributed by atoms with Gasteiger partial charge in [0.25, 0.3) is 0 Å². The van der Waals surface area contributed by atoms with E-state index in [0.717, 1.165) is 0 Å². The first-order valence-corrected chi connectivity index (χ1v) is 2.63. The van der Waals surface area contributed by atoms with Crippen molar-refractivity contribution in [2.75, 3.05) is 13.1 Å². The van der Waals surface area contributed by atoms with Crippen molar-refractivity contribution in [2.24, 2.45) is 10.7 Å². The molecule has 0 saturated carbocycles. The van der Waals surface area contributed by atoms with Crippen molar-refractivity contribution >= 4 is 6.21 Å². The Morgan fingerprint density at radius 1 is 1.88 bits per heavy atom. The first-order chi connectivity index (χ1) is 3.77. The number of rotatable bonds is 3. The fraction of sp³-hybridized carbons (Fsp3) is 0.800. The van der Waals surface area contributed by atoms with E-state index in [0.29, 0.717) is 13.1 Å². The maximum Gasteiger partial charge on any atom is 0.0707 e. The highest BCUT2D eigenvalue weighted by Crippen LogP contribution is 1.77. The van der Waals surface area contributed by atoms with E-state index in [1.807, 2.05) is 0 Å². The summed E-state index contributed by atoms with van der Waals surface area (Å²) in [5, 5.41) is 8.62. The fourth-order valence-corrected chi connectivity index (χ4v) is 0.302.